The number of benzene rings is 1. The van der Waals surface area contributed by atoms with Crippen LogP contribution >= 0.6 is 0 Å². The smallest absolute Gasteiger partial charge is 0.0476 e. The molecule has 74 valence electrons. The summed E-state index contributed by atoms with van der Waals surface area (Å²) in [6, 6.07) is 9.52. The molecule has 0 bridgehead atoms. The van der Waals surface area contributed by atoms with E-state index in [4.69, 9.17) is 0 Å². The molecule has 14 heavy (non-hydrogen) atoms. The Hall–Kier alpha value is -0.860. The largest absolute Gasteiger partial charge is 0.314 e. The molecule has 1 N–H and O–H groups in total. The van der Waals surface area contributed by atoms with Gasteiger partial charge in [-0.25, -0.2) is 0 Å². The molecular formula is C12H16N2. The maximum absolute atomic E-state index is 3.48. The number of rotatable bonds is 0. The first-order valence-corrected chi connectivity index (χ1v) is 5.48. The van der Waals surface area contributed by atoms with Gasteiger partial charge in [0.25, 0.3) is 0 Å². The second-order valence-electron chi connectivity index (χ2n) is 4.20. The molecule has 2 aliphatic rings. The highest BCUT2D eigenvalue weighted by Gasteiger charge is 2.28. The highest BCUT2D eigenvalue weighted by molar-refractivity contribution is 5.33. The number of hydrogen-bond acceptors (Lipinski definition) is 2. The lowest BCUT2D eigenvalue weighted by Crippen LogP contribution is -2.48. The van der Waals surface area contributed by atoms with E-state index in [9.17, 15) is 0 Å². The van der Waals surface area contributed by atoms with Crippen molar-refractivity contribution in [2.24, 2.45) is 0 Å². The molecule has 0 spiro atoms. The van der Waals surface area contributed by atoms with E-state index < -0.39 is 0 Å². The summed E-state index contributed by atoms with van der Waals surface area (Å²) in [5.41, 5.74) is 3.10. The molecule has 1 saturated heterocycles. The van der Waals surface area contributed by atoms with Crippen molar-refractivity contribution in [2.45, 2.75) is 12.5 Å². The minimum absolute atomic E-state index is 0.633. The number of piperazine rings is 1. The molecule has 2 nitrogen and oxygen atoms in total. The van der Waals surface area contributed by atoms with E-state index in [1.165, 1.54) is 19.5 Å². The zero-order chi connectivity index (χ0) is 9.38. The lowest BCUT2D eigenvalue weighted by Gasteiger charge is -2.40. The average molecular weight is 188 g/mol. The third-order valence-corrected chi connectivity index (χ3v) is 3.44. The van der Waals surface area contributed by atoms with E-state index in [0.29, 0.717) is 6.04 Å². The van der Waals surface area contributed by atoms with Crippen LogP contribution in [0.25, 0.3) is 0 Å². The number of hydrogen-bond donors (Lipinski definition) is 1. The van der Waals surface area contributed by atoms with Gasteiger partial charge < -0.3 is 5.32 Å². The quantitative estimate of drug-likeness (QED) is 0.658. The zero-order valence-electron chi connectivity index (χ0n) is 8.37. The molecule has 2 aliphatic heterocycles. The van der Waals surface area contributed by atoms with Crippen LogP contribution in [-0.2, 0) is 6.42 Å². The van der Waals surface area contributed by atoms with Gasteiger partial charge in [-0.3, -0.25) is 4.90 Å². The predicted octanol–water partition coefficient (Wildman–Crippen LogP) is 1.19. The van der Waals surface area contributed by atoms with Crippen molar-refractivity contribution >= 4 is 0 Å². The molecule has 2 heterocycles. The van der Waals surface area contributed by atoms with Crippen molar-refractivity contribution in [3.63, 3.8) is 0 Å². The first-order chi connectivity index (χ1) is 6.95. The highest BCUT2D eigenvalue weighted by Crippen LogP contribution is 2.29. The normalized spacial score (nSPS) is 26.7. The van der Waals surface area contributed by atoms with E-state index in [1.807, 2.05) is 0 Å². The molecule has 1 aromatic rings. The van der Waals surface area contributed by atoms with Gasteiger partial charge in [-0.2, -0.15) is 0 Å². The van der Waals surface area contributed by atoms with Crippen LogP contribution in [0, 0.1) is 0 Å². The number of fused-ring (bicyclic) bond motifs is 3. The fourth-order valence-corrected chi connectivity index (χ4v) is 2.67. The fraction of sp³-hybridized carbons (Fsp3) is 0.500. The van der Waals surface area contributed by atoms with Gasteiger partial charge >= 0.3 is 0 Å². The summed E-state index contributed by atoms with van der Waals surface area (Å²) in [7, 11) is 0. The summed E-state index contributed by atoms with van der Waals surface area (Å²) in [4.78, 5) is 2.61. The fourth-order valence-electron chi connectivity index (χ4n) is 2.67. The SMILES string of the molecule is c1ccc2c(c1)CCN1CCNC[C@@H]21. The van der Waals surface area contributed by atoms with E-state index in [-0.39, 0.29) is 0 Å². The zero-order valence-corrected chi connectivity index (χ0v) is 8.37. The summed E-state index contributed by atoms with van der Waals surface area (Å²) in [5, 5.41) is 3.48. The van der Waals surface area contributed by atoms with Gasteiger partial charge in [0.1, 0.15) is 0 Å². The lowest BCUT2D eigenvalue weighted by atomic mass is 9.91. The van der Waals surface area contributed by atoms with Gasteiger partial charge in [0, 0.05) is 32.2 Å². The average Bonchev–Trinajstić information content (AvgIpc) is 2.29. The van der Waals surface area contributed by atoms with Crippen LogP contribution in [0.4, 0.5) is 0 Å². The molecule has 0 saturated carbocycles. The van der Waals surface area contributed by atoms with Crippen LogP contribution in [0.15, 0.2) is 24.3 Å². The van der Waals surface area contributed by atoms with Gasteiger partial charge in [0.05, 0.1) is 0 Å². The third-order valence-electron chi connectivity index (χ3n) is 3.44. The molecule has 0 aromatic heterocycles. The third kappa shape index (κ3) is 1.26. The van der Waals surface area contributed by atoms with Gasteiger partial charge in [0.2, 0.25) is 0 Å². The summed E-state index contributed by atoms with van der Waals surface area (Å²) in [5.74, 6) is 0. The maximum Gasteiger partial charge on any atom is 0.0476 e. The van der Waals surface area contributed by atoms with Crippen LogP contribution in [0.2, 0.25) is 0 Å². The Morgan fingerprint density at radius 1 is 1.21 bits per heavy atom. The van der Waals surface area contributed by atoms with Crippen LogP contribution in [-0.4, -0.2) is 31.1 Å². The van der Waals surface area contributed by atoms with Crippen LogP contribution < -0.4 is 5.32 Å². The Bertz CT molecular complexity index is 335. The van der Waals surface area contributed by atoms with Crippen molar-refractivity contribution in [2.75, 3.05) is 26.2 Å². The summed E-state index contributed by atoms with van der Waals surface area (Å²) >= 11 is 0. The van der Waals surface area contributed by atoms with Crippen molar-refractivity contribution in [3.05, 3.63) is 35.4 Å². The Morgan fingerprint density at radius 2 is 2.14 bits per heavy atom. The Labute approximate surface area is 84.9 Å². The second kappa shape index (κ2) is 3.37. The standard InChI is InChI=1S/C12H16N2/c1-2-4-11-10(3-1)5-7-14-8-6-13-9-12(11)14/h1-4,12-13H,5-9H2/t12-/m0/s1. The van der Waals surface area contributed by atoms with Crippen molar-refractivity contribution in [1.82, 2.24) is 10.2 Å². The molecule has 1 fully saturated rings. The van der Waals surface area contributed by atoms with E-state index in [2.05, 4.69) is 34.5 Å². The van der Waals surface area contributed by atoms with Crippen molar-refractivity contribution in [1.29, 1.82) is 0 Å². The summed E-state index contributed by atoms with van der Waals surface area (Å²) < 4.78 is 0. The van der Waals surface area contributed by atoms with Gasteiger partial charge in [-0.05, 0) is 17.5 Å². The van der Waals surface area contributed by atoms with Gasteiger partial charge in [-0.1, -0.05) is 24.3 Å². The molecule has 2 heteroatoms. The first-order valence-electron chi connectivity index (χ1n) is 5.48. The summed E-state index contributed by atoms with van der Waals surface area (Å²) in [6.07, 6.45) is 1.23. The Kier molecular flexibility index (Phi) is 2.03. The minimum atomic E-state index is 0.633. The van der Waals surface area contributed by atoms with Crippen LogP contribution in [0.5, 0.6) is 0 Å². The molecule has 0 unspecified atom stereocenters. The van der Waals surface area contributed by atoms with Crippen molar-refractivity contribution < 1.29 is 0 Å². The highest BCUT2D eigenvalue weighted by atomic mass is 15.2. The molecule has 0 aliphatic carbocycles. The predicted molar refractivity (Wildman–Crippen MR) is 57.3 cm³/mol. The van der Waals surface area contributed by atoms with Crippen LogP contribution in [0.3, 0.4) is 0 Å². The van der Waals surface area contributed by atoms with Gasteiger partial charge in [-0.15, -0.1) is 0 Å². The second-order valence-corrected chi connectivity index (χ2v) is 4.20. The number of nitrogens with one attached hydrogen (secondary N) is 1. The topological polar surface area (TPSA) is 15.3 Å². The monoisotopic (exact) mass is 188 g/mol. The van der Waals surface area contributed by atoms with E-state index >= 15 is 0 Å². The van der Waals surface area contributed by atoms with E-state index in [0.717, 1.165) is 13.1 Å². The molecule has 1 aromatic carbocycles. The Balaban J connectivity index is 1.99. The van der Waals surface area contributed by atoms with Crippen LogP contribution in [0.1, 0.15) is 17.2 Å². The first kappa shape index (κ1) is 8.45. The molecular weight excluding hydrogens is 172 g/mol. The summed E-state index contributed by atoms with van der Waals surface area (Å²) in [6.45, 7) is 4.72. The maximum atomic E-state index is 3.48. The molecule has 1 atom stereocenters. The molecule has 0 amide bonds. The van der Waals surface area contributed by atoms with E-state index in [1.54, 1.807) is 11.1 Å². The van der Waals surface area contributed by atoms with Crippen molar-refractivity contribution in [3.8, 4) is 0 Å². The number of nitrogens with zero attached hydrogens (tertiary/aromatic N) is 1. The van der Waals surface area contributed by atoms with Gasteiger partial charge in [0.15, 0.2) is 0 Å². The molecule has 0 radical (unpaired) electrons. The lowest BCUT2D eigenvalue weighted by molar-refractivity contribution is 0.152. The Morgan fingerprint density at radius 3 is 3.14 bits per heavy atom. The minimum Gasteiger partial charge on any atom is -0.314 e. The molecule has 3 rings (SSSR count).